The number of aromatic amines is 1. The topological polar surface area (TPSA) is 95.5 Å². The van der Waals surface area contributed by atoms with Gasteiger partial charge in [0.15, 0.2) is 0 Å². The predicted molar refractivity (Wildman–Crippen MR) is 69.2 cm³/mol. The van der Waals surface area contributed by atoms with Gasteiger partial charge in [-0.2, -0.15) is 5.10 Å². The Kier molecular flexibility index (Phi) is 2.86. The van der Waals surface area contributed by atoms with Crippen molar-refractivity contribution in [2.24, 2.45) is 0 Å². The molecule has 0 aliphatic carbocycles. The van der Waals surface area contributed by atoms with Gasteiger partial charge in [-0.05, 0) is 12.1 Å². The van der Waals surface area contributed by atoms with E-state index in [2.05, 4.69) is 10.2 Å². The number of ether oxygens (including phenoxy) is 1. The third kappa shape index (κ3) is 1.89. The molecular weight excluding hydrogens is 262 g/mol. The molecule has 3 rings (SSSR count). The van der Waals surface area contributed by atoms with Crippen LogP contribution < -0.4 is 9.64 Å². The molecule has 1 aromatic carbocycles. The first kappa shape index (κ1) is 12.2. The lowest BCUT2D eigenvalue weighted by atomic mass is 10.2. The molecule has 2 heterocycles. The van der Waals surface area contributed by atoms with Crippen molar-refractivity contribution in [3.05, 3.63) is 41.7 Å². The van der Waals surface area contributed by atoms with Gasteiger partial charge >= 0.3 is 5.97 Å². The molecule has 0 spiro atoms. The van der Waals surface area contributed by atoms with Gasteiger partial charge in [-0.15, -0.1) is 0 Å². The van der Waals surface area contributed by atoms with E-state index in [1.807, 2.05) is 6.07 Å². The lowest BCUT2D eigenvalue weighted by molar-refractivity contribution is 0.0692. The number of carboxylic acid groups (broad SMARTS) is 1. The number of H-pyrrole nitrogens is 1. The number of rotatable bonds is 2. The monoisotopic (exact) mass is 273 g/mol. The highest BCUT2D eigenvalue weighted by molar-refractivity contribution is 6.11. The van der Waals surface area contributed by atoms with Crippen molar-refractivity contribution < 1.29 is 19.4 Å². The third-order valence-electron chi connectivity index (χ3n) is 3.06. The molecule has 1 aromatic heterocycles. The number of fused-ring (bicyclic) bond motifs is 1. The summed E-state index contributed by atoms with van der Waals surface area (Å²) in [6.45, 7) is 0.715. The maximum Gasteiger partial charge on any atom is 0.339 e. The second-order valence-electron chi connectivity index (χ2n) is 4.24. The van der Waals surface area contributed by atoms with Crippen molar-refractivity contribution in [2.75, 3.05) is 18.1 Å². The number of aromatic nitrogens is 2. The number of aromatic carboxylic acids is 1. The number of anilines is 1. The number of para-hydroxylation sites is 2. The van der Waals surface area contributed by atoms with Crippen molar-refractivity contribution in [1.29, 1.82) is 0 Å². The van der Waals surface area contributed by atoms with E-state index in [4.69, 9.17) is 9.84 Å². The fourth-order valence-corrected chi connectivity index (χ4v) is 2.13. The Hall–Kier alpha value is -2.83. The Morgan fingerprint density at radius 2 is 2.15 bits per heavy atom. The number of hydrogen-bond donors (Lipinski definition) is 2. The van der Waals surface area contributed by atoms with E-state index in [1.165, 1.54) is 4.90 Å². The summed E-state index contributed by atoms with van der Waals surface area (Å²) in [6.07, 6.45) is 1.13. The van der Waals surface area contributed by atoms with Crippen molar-refractivity contribution in [3.63, 3.8) is 0 Å². The SMILES string of the molecule is O=C(O)c1cn[nH]c1C(=O)N1CCOc2ccccc21. The van der Waals surface area contributed by atoms with Crippen LogP contribution in [-0.2, 0) is 0 Å². The van der Waals surface area contributed by atoms with Crippen LogP contribution >= 0.6 is 0 Å². The second-order valence-corrected chi connectivity index (χ2v) is 4.24. The number of benzene rings is 1. The number of amides is 1. The Labute approximate surface area is 113 Å². The van der Waals surface area contributed by atoms with Crippen molar-refractivity contribution in [3.8, 4) is 5.75 Å². The van der Waals surface area contributed by atoms with Gasteiger partial charge < -0.3 is 14.7 Å². The van der Waals surface area contributed by atoms with E-state index in [-0.39, 0.29) is 11.3 Å². The largest absolute Gasteiger partial charge is 0.490 e. The number of carbonyl (C=O) groups is 2. The molecular formula is C13H11N3O4. The highest BCUT2D eigenvalue weighted by Gasteiger charge is 2.28. The van der Waals surface area contributed by atoms with Gasteiger partial charge in [0.05, 0.1) is 18.4 Å². The molecule has 0 saturated heterocycles. The molecule has 2 aromatic rings. The van der Waals surface area contributed by atoms with Gasteiger partial charge in [-0.3, -0.25) is 9.89 Å². The number of nitrogens with one attached hydrogen (secondary N) is 1. The summed E-state index contributed by atoms with van der Waals surface area (Å²) >= 11 is 0. The molecule has 0 unspecified atom stereocenters. The van der Waals surface area contributed by atoms with Gasteiger partial charge in [-0.25, -0.2) is 4.79 Å². The minimum atomic E-state index is -1.19. The van der Waals surface area contributed by atoms with Crippen LogP contribution in [0.15, 0.2) is 30.5 Å². The Balaban J connectivity index is 2.00. The fourth-order valence-electron chi connectivity index (χ4n) is 2.13. The fraction of sp³-hybridized carbons (Fsp3) is 0.154. The van der Waals surface area contributed by atoms with Crippen LogP contribution in [-0.4, -0.2) is 40.3 Å². The zero-order valence-corrected chi connectivity index (χ0v) is 10.4. The normalized spacial score (nSPS) is 13.5. The van der Waals surface area contributed by atoms with Crippen LogP contribution in [0.4, 0.5) is 5.69 Å². The molecule has 0 atom stereocenters. The van der Waals surface area contributed by atoms with Gasteiger partial charge in [0.2, 0.25) is 0 Å². The van der Waals surface area contributed by atoms with Crippen molar-refractivity contribution >= 4 is 17.6 Å². The number of carboxylic acids is 1. The minimum absolute atomic E-state index is 0.0331. The molecule has 0 bridgehead atoms. The summed E-state index contributed by atoms with van der Waals surface area (Å²) in [5, 5.41) is 15.1. The van der Waals surface area contributed by atoms with Crippen LogP contribution in [0.2, 0.25) is 0 Å². The molecule has 1 aliphatic rings. The van der Waals surface area contributed by atoms with Crippen molar-refractivity contribution in [1.82, 2.24) is 10.2 Å². The summed E-state index contributed by atoms with van der Waals surface area (Å²) in [6, 6.07) is 7.12. The molecule has 0 fully saturated rings. The first-order valence-electron chi connectivity index (χ1n) is 5.99. The van der Waals surface area contributed by atoms with E-state index in [0.717, 1.165) is 6.20 Å². The average Bonchev–Trinajstić information content (AvgIpc) is 2.95. The van der Waals surface area contributed by atoms with Gasteiger partial charge in [-0.1, -0.05) is 12.1 Å². The maximum absolute atomic E-state index is 12.5. The molecule has 0 radical (unpaired) electrons. The second kappa shape index (κ2) is 4.69. The third-order valence-corrected chi connectivity index (χ3v) is 3.06. The average molecular weight is 273 g/mol. The summed E-state index contributed by atoms with van der Waals surface area (Å²) in [5.74, 6) is -1.03. The molecule has 2 N–H and O–H groups in total. The molecule has 7 heteroatoms. The van der Waals surface area contributed by atoms with Gasteiger partial charge in [0.25, 0.3) is 5.91 Å². The number of nitrogens with zero attached hydrogens (tertiary/aromatic N) is 2. The minimum Gasteiger partial charge on any atom is -0.490 e. The summed E-state index contributed by atoms with van der Waals surface area (Å²) in [4.78, 5) is 25.0. The molecule has 0 saturated carbocycles. The van der Waals surface area contributed by atoms with E-state index >= 15 is 0 Å². The first-order chi connectivity index (χ1) is 9.68. The lowest BCUT2D eigenvalue weighted by Crippen LogP contribution is -2.38. The van der Waals surface area contributed by atoms with Gasteiger partial charge in [0, 0.05) is 0 Å². The maximum atomic E-state index is 12.5. The highest BCUT2D eigenvalue weighted by Crippen LogP contribution is 2.31. The quantitative estimate of drug-likeness (QED) is 0.855. The van der Waals surface area contributed by atoms with Gasteiger partial charge in [0.1, 0.15) is 23.6 Å². The van der Waals surface area contributed by atoms with E-state index in [0.29, 0.717) is 24.6 Å². The van der Waals surface area contributed by atoms with E-state index in [1.54, 1.807) is 18.2 Å². The molecule has 1 aliphatic heterocycles. The lowest BCUT2D eigenvalue weighted by Gasteiger charge is -2.29. The molecule has 1 amide bonds. The summed E-state index contributed by atoms with van der Waals surface area (Å²) < 4.78 is 5.46. The number of hydrogen-bond acceptors (Lipinski definition) is 4. The Bertz CT molecular complexity index is 680. The van der Waals surface area contributed by atoms with Crippen LogP contribution in [0.1, 0.15) is 20.8 Å². The highest BCUT2D eigenvalue weighted by atomic mass is 16.5. The summed E-state index contributed by atoms with van der Waals surface area (Å²) in [7, 11) is 0. The number of carbonyl (C=O) groups excluding carboxylic acids is 1. The zero-order chi connectivity index (χ0) is 14.1. The molecule has 102 valence electrons. The smallest absolute Gasteiger partial charge is 0.339 e. The van der Waals surface area contributed by atoms with E-state index < -0.39 is 11.9 Å². The zero-order valence-electron chi connectivity index (χ0n) is 10.4. The van der Waals surface area contributed by atoms with Crippen LogP contribution in [0, 0.1) is 0 Å². The predicted octanol–water partition coefficient (Wildman–Crippen LogP) is 1.15. The molecule has 20 heavy (non-hydrogen) atoms. The molecule has 7 nitrogen and oxygen atoms in total. The Morgan fingerprint density at radius 3 is 2.95 bits per heavy atom. The first-order valence-corrected chi connectivity index (χ1v) is 5.99. The van der Waals surface area contributed by atoms with Crippen LogP contribution in [0.3, 0.4) is 0 Å². The van der Waals surface area contributed by atoms with Crippen molar-refractivity contribution in [2.45, 2.75) is 0 Å². The Morgan fingerprint density at radius 1 is 1.35 bits per heavy atom. The standard InChI is InChI=1S/C13H11N3O4/c17-12(11-8(13(18)19)7-14-15-11)16-5-6-20-10-4-2-1-3-9(10)16/h1-4,7H,5-6H2,(H,14,15)(H,18,19). The summed E-state index contributed by atoms with van der Waals surface area (Å²) in [5.41, 5.74) is 0.447. The van der Waals surface area contributed by atoms with Crippen LogP contribution in [0.5, 0.6) is 5.75 Å². The van der Waals surface area contributed by atoms with E-state index in [9.17, 15) is 9.59 Å². The van der Waals surface area contributed by atoms with Crippen LogP contribution in [0.25, 0.3) is 0 Å².